The quantitative estimate of drug-likeness (QED) is 0.773. The van der Waals surface area contributed by atoms with Gasteiger partial charge in [0, 0.05) is 4.88 Å². The van der Waals surface area contributed by atoms with Crippen LogP contribution in [-0.2, 0) is 27.0 Å². The molecule has 0 bridgehead atoms. The smallest absolute Gasteiger partial charge is 0.308 e. The van der Waals surface area contributed by atoms with E-state index < -0.39 is 16.0 Å². The fraction of sp³-hybridized carbons (Fsp3) is 0.429. The lowest BCUT2D eigenvalue weighted by Crippen LogP contribution is -2.14. The molecule has 0 aliphatic rings. The van der Waals surface area contributed by atoms with Gasteiger partial charge in [0.2, 0.25) is 10.0 Å². The van der Waals surface area contributed by atoms with Crippen LogP contribution < -0.4 is 5.14 Å². The van der Waals surface area contributed by atoms with Crippen LogP contribution in [-0.4, -0.2) is 24.5 Å². The maximum atomic E-state index is 10.8. The number of nitrogens with two attached hydrogens (primary N) is 1. The molecule has 0 spiro atoms. The molecule has 8 heteroatoms. The first-order valence-corrected chi connectivity index (χ1v) is 6.48. The third-order valence-electron chi connectivity index (χ3n) is 1.57. The molecule has 1 aromatic heterocycles. The van der Waals surface area contributed by atoms with E-state index in [1.165, 1.54) is 0 Å². The van der Waals surface area contributed by atoms with E-state index in [0.717, 1.165) is 11.3 Å². The first-order valence-electron chi connectivity index (χ1n) is 3.95. The second-order valence-electron chi connectivity index (χ2n) is 2.99. The highest BCUT2D eigenvalue weighted by atomic mass is 32.2. The SMILES string of the molecule is Cc1nc(CS(N)(=O)=O)sc1CC(=O)O. The normalized spacial score (nSPS) is 11.6. The van der Waals surface area contributed by atoms with Crippen molar-refractivity contribution in [1.82, 2.24) is 4.98 Å². The summed E-state index contributed by atoms with van der Waals surface area (Å²) in [6.45, 7) is 1.64. The molecule has 0 atom stereocenters. The highest BCUT2D eigenvalue weighted by Crippen LogP contribution is 2.19. The van der Waals surface area contributed by atoms with E-state index >= 15 is 0 Å². The van der Waals surface area contributed by atoms with Gasteiger partial charge >= 0.3 is 5.97 Å². The van der Waals surface area contributed by atoms with Gasteiger partial charge in [0.05, 0.1) is 12.1 Å². The Bertz CT molecular complexity index is 477. The molecule has 0 aliphatic heterocycles. The minimum absolute atomic E-state index is 0.145. The summed E-state index contributed by atoms with van der Waals surface area (Å²) in [6, 6.07) is 0. The number of aromatic nitrogens is 1. The molecule has 0 aromatic carbocycles. The second-order valence-corrected chi connectivity index (χ2v) is 5.78. The molecule has 0 radical (unpaired) electrons. The molecule has 0 amide bonds. The lowest BCUT2D eigenvalue weighted by atomic mass is 10.3. The average molecular weight is 250 g/mol. The molecule has 3 N–H and O–H groups in total. The summed E-state index contributed by atoms with van der Waals surface area (Å²) in [5.41, 5.74) is 0.543. The van der Waals surface area contributed by atoms with Crippen molar-refractivity contribution in [2.24, 2.45) is 5.14 Å². The van der Waals surface area contributed by atoms with Gasteiger partial charge in [0.15, 0.2) is 0 Å². The number of carboxylic acid groups (broad SMARTS) is 1. The molecule has 0 saturated carbocycles. The van der Waals surface area contributed by atoms with Crippen LogP contribution in [0.5, 0.6) is 0 Å². The van der Waals surface area contributed by atoms with Crippen molar-refractivity contribution in [3.63, 3.8) is 0 Å². The van der Waals surface area contributed by atoms with Crippen molar-refractivity contribution in [1.29, 1.82) is 0 Å². The Morgan fingerprint density at radius 2 is 2.20 bits per heavy atom. The number of sulfonamides is 1. The van der Waals surface area contributed by atoms with E-state index in [0.29, 0.717) is 15.6 Å². The largest absolute Gasteiger partial charge is 0.481 e. The van der Waals surface area contributed by atoms with Crippen LogP contribution >= 0.6 is 11.3 Å². The van der Waals surface area contributed by atoms with Gasteiger partial charge < -0.3 is 5.11 Å². The molecule has 0 unspecified atom stereocenters. The monoisotopic (exact) mass is 250 g/mol. The molecule has 15 heavy (non-hydrogen) atoms. The van der Waals surface area contributed by atoms with E-state index in [4.69, 9.17) is 10.2 Å². The Kier molecular flexibility index (Phi) is 3.42. The molecule has 1 heterocycles. The number of nitrogens with zero attached hydrogens (tertiary/aromatic N) is 1. The highest BCUT2D eigenvalue weighted by molar-refractivity contribution is 7.88. The maximum Gasteiger partial charge on any atom is 0.308 e. The minimum atomic E-state index is -3.61. The fourth-order valence-corrected chi connectivity index (χ4v) is 3.02. The number of carbonyl (C=O) groups is 1. The number of hydrogen-bond acceptors (Lipinski definition) is 5. The number of primary sulfonamides is 1. The summed E-state index contributed by atoms with van der Waals surface area (Å²) in [7, 11) is -3.61. The van der Waals surface area contributed by atoms with Crippen molar-refractivity contribution in [2.75, 3.05) is 0 Å². The summed E-state index contributed by atoms with van der Waals surface area (Å²) in [5, 5.41) is 13.7. The van der Waals surface area contributed by atoms with Gasteiger partial charge in [-0.2, -0.15) is 0 Å². The number of carboxylic acids is 1. The van der Waals surface area contributed by atoms with Gasteiger partial charge in [-0.05, 0) is 6.92 Å². The summed E-state index contributed by atoms with van der Waals surface area (Å²) >= 11 is 1.06. The predicted octanol–water partition coefficient (Wildman–Crippen LogP) is -0.133. The number of rotatable bonds is 4. The van der Waals surface area contributed by atoms with E-state index in [1.54, 1.807) is 6.92 Å². The van der Waals surface area contributed by atoms with Crippen LogP contribution in [0.1, 0.15) is 15.6 Å². The van der Waals surface area contributed by atoms with Crippen LogP contribution in [0.15, 0.2) is 0 Å². The van der Waals surface area contributed by atoms with E-state index in [-0.39, 0.29) is 12.2 Å². The second kappa shape index (κ2) is 4.25. The summed E-state index contributed by atoms with van der Waals surface area (Å²) in [6.07, 6.45) is -0.145. The molecule has 1 rings (SSSR count). The number of aryl methyl sites for hydroxylation is 1. The zero-order valence-corrected chi connectivity index (χ0v) is 9.56. The topological polar surface area (TPSA) is 110 Å². The third-order valence-corrected chi connectivity index (χ3v) is 3.59. The van der Waals surface area contributed by atoms with Crippen molar-refractivity contribution >= 4 is 27.3 Å². The average Bonchev–Trinajstić information content (AvgIpc) is 2.26. The zero-order valence-electron chi connectivity index (χ0n) is 7.93. The van der Waals surface area contributed by atoms with Crippen LogP contribution in [0.4, 0.5) is 0 Å². The number of thiazole rings is 1. The lowest BCUT2D eigenvalue weighted by Gasteiger charge is -1.91. The zero-order chi connectivity index (χ0) is 11.6. The van der Waals surface area contributed by atoms with Crippen LogP contribution in [0.3, 0.4) is 0 Å². The first kappa shape index (κ1) is 12.1. The van der Waals surface area contributed by atoms with Crippen LogP contribution in [0.25, 0.3) is 0 Å². The van der Waals surface area contributed by atoms with Crippen molar-refractivity contribution in [3.8, 4) is 0 Å². The fourth-order valence-electron chi connectivity index (χ4n) is 1.02. The molecule has 1 aromatic rings. The predicted molar refractivity (Wildman–Crippen MR) is 55.0 cm³/mol. The molecular weight excluding hydrogens is 240 g/mol. The van der Waals surface area contributed by atoms with Crippen LogP contribution in [0.2, 0.25) is 0 Å². The van der Waals surface area contributed by atoms with Gasteiger partial charge in [-0.1, -0.05) is 0 Å². The highest BCUT2D eigenvalue weighted by Gasteiger charge is 2.14. The summed E-state index contributed by atoms with van der Waals surface area (Å²) in [4.78, 5) is 15.0. The van der Waals surface area contributed by atoms with E-state index in [2.05, 4.69) is 4.98 Å². The molecule has 6 nitrogen and oxygen atoms in total. The van der Waals surface area contributed by atoms with Crippen molar-refractivity contribution in [3.05, 3.63) is 15.6 Å². The van der Waals surface area contributed by atoms with E-state index in [1.807, 2.05) is 0 Å². The van der Waals surface area contributed by atoms with Crippen molar-refractivity contribution in [2.45, 2.75) is 19.1 Å². The van der Waals surface area contributed by atoms with E-state index in [9.17, 15) is 13.2 Å². The van der Waals surface area contributed by atoms with Crippen LogP contribution in [0, 0.1) is 6.92 Å². The minimum Gasteiger partial charge on any atom is -0.481 e. The summed E-state index contributed by atoms with van der Waals surface area (Å²) < 4.78 is 21.5. The molecular formula is C7H10N2O4S2. The Labute approximate surface area is 90.8 Å². The first-order chi connectivity index (χ1) is 6.78. The molecule has 0 fully saturated rings. The Balaban J connectivity index is 2.91. The third kappa shape index (κ3) is 3.94. The van der Waals surface area contributed by atoms with Gasteiger partial charge in [-0.3, -0.25) is 4.79 Å². The van der Waals surface area contributed by atoms with Crippen molar-refractivity contribution < 1.29 is 18.3 Å². The van der Waals surface area contributed by atoms with Gasteiger partial charge in [-0.25, -0.2) is 18.5 Å². The molecule has 84 valence electrons. The number of hydrogen-bond donors (Lipinski definition) is 2. The lowest BCUT2D eigenvalue weighted by molar-refractivity contribution is -0.136. The Hall–Kier alpha value is -0.990. The molecule has 0 saturated heterocycles. The van der Waals surface area contributed by atoms with Gasteiger partial charge in [0.25, 0.3) is 0 Å². The Morgan fingerprint density at radius 3 is 2.67 bits per heavy atom. The number of aliphatic carboxylic acids is 1. The standard InChI is InChI=1S/C7H10N2O4S2/c1-4-5(2-7(10)11)14-6(9-4)3-15(8,12)13/h2-3H2,1H3,(H,10,11)(H2,8,12,13). The summed E-state index contributed by atoms with van der Waals surface area (Å²) in [5.74, 6) is -1.32. The van der Waals surface area contributed by atoms with Gasteiger partial charge in [0.1, 0.15) is 10.8 Å². The Morgan fingerprint density at radius 1 is 1.60 bits per heavy atom. The van der Waals surface area contributed by atoms with Gasteiger partial charge in [-0.15, -0.1) is 11.3 Å². The maximum absolute atomic E-state index is 10.8. The molecule has 0 aliphatic carbocycles.